The van der Waals surface area contributed by atoms with Gasteiger partial charge in [-0.25, -0.2) is 0 Å². The zero-order valence-electron chi connectivity index (χ0n) is 14.2. The van der Waals surface area contributed by atoms with Gasteiger partial charge in [0, 0.05) is 44.0 Å². The van der Waals surface area contributed by atoms with Crippen LogP contribution in [0, 0.1) is 0 Å². The number of hydrogen-bond acceptors (Lipinski definition) is 4. The highest BCUT2D eigenvalue weighted by Gasteiger charge is 2.32. The summed E-state index contributed by atoms with van der Waals surface area (Å²) >= 11 is 0. The number of amides is 1. The van der Waals surface area contributed by atoms with Crippen molar-refractivity contribution in [1.82, 2.24) is 9.80 Å². The van der Waals surface area contributed by atoms with Crippen molar-refractivity contribution in [3.05, 3.63) is 65.2 Å². The summed E-state index contributed by atoms with van der Waals surface area (Å²) in [5, 5.41) is 12.2. The second kappa shape index (κ2) is 6.96. The Bertz CT molecular complexity index is 769. The van der Waals surface area contributed by atoms with Gasteiger partial charge in [-0.2, -0.15) is 0 Å². The Morgan fingerprint density at radius 3 is 2.40 bits per heavy atom. The molecule has 5 heteroatoms. The molecule has 4 rings (SSSR count). The fourth-order valence-corrected chi connectivity index (χ4v) is 3.93. The van der Waals surface area contributed by atoms with Crippen molar-refractivity contribution >= 4 is 11.6 Å². The second-order valence-electron chi connectivity index (χ2n) is 6.63. The summed E-state index contributed by atoms with van der Waals surface area (Å²) in [5.74, 6) is -0.0375. The fourth-order valence-electron chi connectivity index (χ4n) is 3.93. The Balaban J connectivity index is 1.73. The van der Waals surface area contributed by atoms with Crippen LogP contribution in [-0.2, 0) is 0 Å². The molecule has 2 aromatic carbocycles. The number of carbonyl (C=O) groups excluding carboxylic acids is 1. The monoisotopic (exact) mass is 337 g/mol. The number of para-hydroxylation sites is 1. The molecule has 25 heavy (non-hydrogen) atoms. The van der Waals surface area contributed by atoms with Gasteiger partial charge in [0.15, 0.2) is 0 Å². The Morgan fingerprint density at radius 2 is 1.64 bits per heavy atom. The SMILES string of the molecule is O=C1Nc2ccccc2C(N2CCN(CCO)CC2)c2ccccc21. The molecule has 1 fully saturated rings. The molecular weight excluding hydrogens is 314 g/mol. The first-order chi connectivity index (χ1) is 12.3. The summed E-state index contributed by atoms with van der Waals surface area (Å²) in [6.07, 6.45) is 0. The molecule has 0 spiro atoms. The summed E-state index contributed by atoms with van der Waals surface area (Å²) < 4.78 is 0. The van der Waals surface area contributed by atoms with Crippen LogP contribution in [0.1, 0.15) is 27.5 Å². The molecule has 1 unspecified atom stereocenters. The number of nitrogens with zero attached hydrogens (tertiary/aromatic N) is 2. The quantitative estimate of drug-likeness (QED) is 0.899. The Labute approximate surface area is 147 Å². The van der Waals surface area contributed by atoms with Gasteiger partial charge in [-0.05, 0) is 23.3 Å². The average molecular weight is 337 g/mol. The maximum absolute atomic E-state index is 12.7. The van der Waals surface area contributed by atoms with Crippen LogP contribution in [0.25, 0.3) is 0 Å². The molecule has 5 nitrogen and oxygen atoms in total. The van der Waals surface area contributed by atoms with Gasteiger partial charge in [0.2, 0.25) is 0 Å². The van der Waals surface area contributed by atoms with Gasteiger partial charge in [-0.1, -0.05) is 36.4 Å². The minimum atomic E-state index is -0.0375. The highest BCUT2D eigenvalue weighted by molar-refractivity contribution is 6.07. The number of aliphatic hydroxyl groups is 1. The summed E-state index contributed by atoms with van der Waals surface area (Å²) in [5.41, 5.74) is 3.87. The van der Waals surface area contributed by atoms with E-state index in [0.717, 1.165) is 55.1 Å². The molecule has 0 aliphatic carbocycles. The minimum absolute atomic E-state index is 0.0375. The van der Waals surface area contributed by atoms with Crippen LogP contribution >= 0.6 is 0 Å². The van der Waals surface area contributed by atoms with Gasteiger partial charge in [0.1, 0.15) is 0 Å². The van der Waals surface area contributed by atoms with Crippen LogP contribution in [-0.4, -0.2) is 60.1 Å². The molecule has 2 aliphatic heterocycles. The number of rotatable bonds is 3. The number of aliphatic hydroxyl groups excluding tert-OH is 1. The summed E-state index contributed by atoms with van der Waals surface area (Å²) in [6, 6.07) is 16.1. The van der Waals surface area contributed by atoms with Crippen molar-refractivity contribution in [3.8, 4) is 0 Å². The summed E-state index contributed by atoms with van der Waals surface area (Å²) in [7, 11) is 0. The van der Waals surface area contributed by atoms with Crippen molar-refractivity contribution in [2.75, 3.05) is 44.6 Å². The summed E-state index contributed by atoms with van der Waals surface area (Å²) in [6.45, 7) is 4.63. The molecule has 1 saturated heterocycles. The Morgan fingerprint density at radius 1 is 0.960 bits per heavy atom. The lowest BCUT2D eigenvalue weighted by atomic mass is 9.93. The molecule has 2 N–H and O–H groups in total. The van der Waals surface area contributed by atoms with E-state index in [4.69, 9.17) is 5.11 Å². The van der Waals surface area contributed by atoms with Gasteiger partial charge in [0.25, 0.3) is 5.91 Å². The number of nitrogens with one attached hydrogen (secondary N) is 1. The van der Waals surface area contributed by atoms with Crippen LogP contribution in [0.5, 0.6) is 0 Å². The van der Waals surface area contributed by atoms with Gasteiger partial charge >= 0.3 is 0 Å². The van der Waals surface area contributed by atoms with E-state index in [1.54, 1.807) is 0 Å². The maximum atomic E-state index is 12.7. The third kappa shape index (κ3) is 3.06. The van der Waals surface area contributed by atoms with E-state index in [-0.39, 0.29) is 18.6 Å². The molecule has 0 aromatic heterocycles. The van der Waals surface area contributed by atoms with Gasteiger partial charge in [0.05, 0.1) is 12.6 Å². The largest absolute Gasteiger partial charge is 0.395 e. The lowest BCUT2D eigenvalue weighted by molar-refractivity contribution is 0.0938. The molecule has 1 atom stereocenters. The van der Waals surface area contributed by atoms with E-state index in [2.05, 4.69) is 27.2 Å². The molecule has 0 bridgehead atoms. The van der Waals surface area contributed by atoms with E-state index in [1.165, 1.54) is 0 Å². The standard InChI is InChI=1S/C20H23N3O2/c24-14-13-22-9-11-23(12-10-22)19-15-5-1-2-6-16(15)20(25)21-18-8-4-3-7-17(18)19/h1-8,19,24H,9-14H2,(H,21,25). The normalized spacial score (nSPS) is 21.2. The predicted molar refractivity (Wildman–Crippen MR) is 97.8 cm³/mol. The zero-order valence-corrected chi connectivity index (χ0v) is 14.2. The minimum Gasteiger partial charge on any atom is -0.395 e. The topological polar surface area (TPSA) is 55.8 Å². The van der Waals surface area contributed by atoms with Crippen LogP contribution in [0.15, 0.2) is 48.5 Å². The van der Waals surface area contributed by atoms with E-state index in [1.807, 2.05) is 36.4 Å². The van der Waals surface area contributed by atoms with Gasteiger partial charge in [-0.15, -0.1) is 0 Å². The third-order valence-corrected chi connectivity index (χ3v) is 5.19. The zero-order chi connectivity index (χ0) is 17.2. The first-order valence-electron chi connectivity index (χ1n) is 8.84. The highest BCUT2D eigenvalue weighted by atomic mass is 16.3. The Hall–Kier alpha value is -2.21. The molecule has 1 amide bonds. The van der Waals surface area contributed by atoms with E-state index < -0.39 is 0 Å². The highest BCUT2D eigenvalue weighted by Crippen LogP contribution is 2.38. The maximum Gasteiger partial charge on any atom is 0.256 e. The van der Waals surface area contributed by atoms with Gasteiger partial charge < -0.3 is 10.4 Å². The molecular formula is C20H23N3O2. The number of piperazine rings is 1. The molecule has 2 heterocycles. The number of hydrogen-bond donors (Lipinski definition) is 2. The number of benzene rings is 2. The molecule has 2 aliphatic rings. The van der Waals surface area contributed by atoms with E-state index >= 15 is 0 Å². The number of fused-ring (bicyclic) bond motifs is 2. The predicted octanol–water partition coefficient (Wildman–Crippen LogP) is 1.95. The molecule has 2 aromatic rings. The number of carbonyl (C=O) groups is 1. The first kappa shape index (κ1) is 16.3. The van der Waals surface area contributed by atoms with Crippen molar-refractivity contribution in [2.24, 2.45) is 0 Å². The lowest BCUT2D eigenvalue weighted by Crippen LogP contribution is -2.48. The van der Waals surface area contributed by atoms with Gasteiger partial charge in [-0.3, -0.25) is 14.6 Å². The van der Waals surface area contributed by atoms with Crippen molar-refractivity contribution in [1.29, 1.82) is 0 Å². The van der Waals surface area contributed by atoms with Crippen LogP contribution in [0.4, 0.5) is 5.69 Å². The summed E-state index contributed by atoms with van der Waals surface area (Å²) in [4.78, 5) is 17.4. The third-order valence-electron chi connectivity index (χ3n) is 5.19. The van der Waals surface area contributed by atoms with E-state index in [0.29, 0.717) is 0 Å². The van der Waals surface area contributed by atoms with Crippen LogP contribution in [0.3, 0.4) is 0 Å². The molecule has 0 radical (unpaired) electrons. The van der Waals surface area contributed by atoms with Crippen molar-refractivity contribution in [2.45, 2.75) is 6.04 Å². The number of β-amino-alcohol motifs (C(OH)–C–C–N with tert-alkyl or cyclic N) is 1. The Kier molecular flexibility index (Phi) is 4.53. The smallest absolute Gasteiger partial charge is 0.256 e. The van der Waals surface area contributed by atoms with Crippen molar-refractivity contribution < 1.29 is 9.90 Å². The van der Waals surface area contributed by atoms with E-state index in [9.17, 15) is 4.79 Å². The molecule has 130 valence electrons. The average Bonchev–Trinajstić information content (AvgIpc) is 2.77. The number of anilines is 1. The second-order valence-corrected chi connectivity index (χ2v) is 6.63. The lowest BCUT2D eigenvalue weighted by Gasteiger charge is -2.39. The fraction of sp³-hybridized carbons (Fsp3) is 0.350. The van der Waals surface area contributed by atoms with Crippen molar-refractivity contribution in [3.63, 3.8) is 0 Å². The first-order valence-corrected chi connectivity index (χ1v) is 8.84. The van der Waals surface area contributed by atoms with Crippen LogP contribution < -0.4 is 5.32 Å². The molecule has 0 saturated carbocycles. The van der Waals surface area contributed by atoms with Crippen LogP contribution in [0.2, 0.25) is 0 Å².